The number of anilines is 1. The minimum Gasteiger partial charge on any atom is -0.467 e. The van der Waals surface area contributed by atoms with Crippen molar-refractivity contribution in [1.29, 1.82) is 0 Å². The van der Waals surface area contributed by atoms with E-state index in [-0.39, 0.29) is 11.3 Å². The van der Waals surface area contributed by atoms with E-state index in [0.29, 0.717) is 11.9 Å². The van der Waals surface area contributed by atoms with Crippen LogP contribution in [0.3, 0.4) is 0 Å². The summed E-state index contributed by atoms with van der Waals surface area (Å²) in [7, 11) is 1.51. The molecule has 7 heteroatoms. The fraction of sp³-hybridized carbons (Fsp3) is 0.700. The van der Waals surface area contributed by atoms with E-state index in [1.165, 1.54) is 7.11 Å². The lowest BCUT2D eigenvalue weighted by Gasteiger charge is -2.31. The van der Waals surface area contributed by atoms with E-state index in [9.17, 15) is 0 Å². The van der Waals surface area contributed by atoms with Crippen molar-refractivity contribution in [2.45, 2.75) is 12.8 Å². The summed E-state index contributed by atoms with van der Waals surface area (Å²) in [5.74, 6) is 1.18. The van der Waals surface area contributed by atoms with Gasteiger partial charge in [0, 0.05) is 13.1 Å². The van der Waals surface area contributed by atoms with Crippen molar-refractivity contribution < 1.29 is 4.74 Å². The minimum absolute atomic E-state index is 0.160. The number of nitrogens with zero attached hydrogens (tertiary/aromatic N) is 4. The topological polar surface area (TPSA) is 77.2 Å². The lowest BCUT2D eigenvalue weighted by molar-refractivity contribution is 0.374. The summed E-state index contributed by atoms with van der Waals surface area (Å²) in [4.78, 5) is 14.2. The van der Waals surface area contributed by atoms with E-state index in [1.54, 1.807) is 0 Å². The van der Waals surface area contributed by atoms with Gasteiger partial charge in [-0.2, -0.15) is 15.0 Å². The molecule has 1 aromatic heterocycles. The van der Waals surface area contributed by atoms with Crippen LogP contribution in [0.1, 0.15) is 12.8 Å². The molecule has 17 heavy (non-hydrogen) atoms. The van der Waals surface area contributed by atoms with Gasteiger partial charge in [-0.1, -0.05) is 0 Å². The Hall–Kier alpha value is -1.14. The highest BCUT2D eigenvalue weighted by Crippen LogP contribution is 2.21. The second kappa shape index (κ2) is 5.46. The monoisotopic (exact) mass is 257 g/mol. The van der Waals surface area contributed by atoms with Gasteiger partial charge in [0.1, 0.15) is 0 Å². The van der Waals surface area contributed by atoms with Crippen molar-refractivity contribution in [2.75, 3.05) is 31.6 Å². The molecule has 0 aromatic carbocycles. The first-order valence-corrected chi connectivity index (χ1v) is 6.01. The van der Waals surface area contributed by atoms with Crippen LogP contribution < -0.4 is 15.4 Å². The average molecular weight is 258 g/mol. The summed E-state index contributed by atoms with van der Waals surface area (Å²) >= 11 is 5.82. The number of hydrogen-bond donors (Lipinski definition) is 1. The first-order valence-electron chi connectivity index (χ1n) is 5.63. The maximum absolute atomic E-state index is 5.82. The van der Waals surface area contributed by atoms with Gasteiger partial charge < -0.3 is 15.4 Å². The summed E-state index contributed by atoms with van der Waals surface area (Å²) < 4.78 is 4.98. The maximum atomic E-state index is 5.82. The van der Waals surface area contributed by atoms with E-state index in [1.807, 2.05) is 0 Å². The number of methoxy groups -OCH3 is 1. The molecule has 6 nitrogen and oxygen atoms in total. The normalized spacial score (nSPS) is 17.2. The predicted octanol–water partition coefficient (Wildman–Crippen LogP) is 0.709. The molecule has 0 radical (unpaired) electrons. The lowest BCUT2D eigenvalue weighted by Crippen LogP contribution is -2.37. The van der Waals surface area contributed by atoms with Gasteiger partial charge in [-0.25, -0.2) is 0 Å². The van der Waals surface area contributed by atoms with E-state index >= 15 is 0 Å². The zero-order valence-electron chi connectivity index (χ0n) is 9.77. The Balaban J connectivity index is 2.10. The maximum Gasteiger partial charge on any atom is 0.322 e. The van der Waals surface area contributed by atoms with Gasteiger partial charge in [0.15, 0.2) is 0 Å². The summed E-state index contributed by atoms with van der Waals surface area (Å²) in [6.07, 6.45) is 2.12. The van der Waals surface area contributed by atoms with Crippen molar-refractivity contribution >= 4 is 17.5 Å². The average Bonchev–Trinajstić information content (AvgIpc) is 2.38. The molecular formula is C10H16ClN5O. The van der Waals surface area contributed by atoms with Crippen molar-refractivity contribution in [1.82, 2.24) is 15.0 Å². The highest BCUT2D eigenvalue weighted by Gasteiger charge is 2.21. The van der Waals surface area contributed by atoms with E-state index in [0.717, 1.165) is 32.5 Å². The van der Waals surface area contributed by atoms with Crippen molar-refractivity contribution in [3.63, 3.8) is 0 Å². The molecule has 0 spiro atoms. The number of nitrogens with two attached hydrogens (primary N) is 1. The first-order chi connectivity index (χ1) is 8.22. The molecule has 0 amide bonds. The smallest absolute Gasteiger partial charge is 0.322 e. The first kappa shape index (κ1) is 12.3. The molecule has 1 aromatic rings. The van der Waals surface area contributed by atoms with Crippen molar-refractivity contribution in [2.24, 2.45) is 11.7 Å². The number of rotatable bonds is 3. The van der Waals surface area contributed by atoms with Gasteiger partial charge in [0.05, 0.1) is 7.11 Å². The Labute approximate surface area is 105 Å². The Morgan fingerprint density at radius 2 is 2.06 bits per heavy atom. The number of hydrogen-bond acceptors (Lipinski definition) is 6. The highest BCUT2D eigenvalue weighted by atomic mass is 35.5. The summed E-state index contributed by atoms with van der Waals surface area (Å²) in [5.41, 5.74) is 5.66. The molecule has 1 fully saturated rings. The van der Waals surface area contributed by atoms with Crippen LogP contribution in [0.4, 0.5) is 5.95 Å². The molecule has 0 saturated carbocycles. The zero-order chi connectivity index (χ0) is 12.3. The van der Waals surface area contributed by atoms with Gasteiger partial charge in [0.25, 0.3) is 0 Å². The molecule has 2 N–H and O–H groups in total. The number of aromatic nitrogens is 3. The second-order valence-corrected chi connectivity index (χ2v) is 4.40. The van der Waals surface area contributed by atoms with Gasteiger partial charge in [0.2, 0.25) is 11.2 Å². The molecule has 2 rings (SSSR count). The molecular weight excluding hydrogens is 242 g/mol. The zero-order valence-corrected chi connectivity index (χ0v) is 10.5. The fourth-order valence-corrected chi connectivity index (χ4v) is 2.07. The fourth-order valence-electron chi connectivity index (χ4n) is 1.92. The highest BCUT2D eigenvalue weighted by molar-refractivity contribution is 6.28. The van der Waals surface area contributed by atoms with Crippen molar-refractivity contribution in [3.8, 4) is 6.01 Å². The molecule has 1 saturated heterocycles. The van der Waals surface area contributed by atoms with Crippen LogP contribution in [0.15, 0.2) is 0 Å². The standard InChI is InChI=1S/C10H16ClN5O/c1-17-10-14-8(11)13-9(15-10)16-4-2-7(6-12)3-5-16/h7H,2-6,12H2,1H3. The largest absolute Gasteiger partial charge is 0.467 e. The summed E-state index contributed by atoms with van der Waals surface area (Å²) in [6.45, 7) is 2.53. The molecule has 0 atom stereocenters. The van der Waals surface area contributed by atoms with Crippen LogP contribution in [0.5, 0.6) is 6.01 Å². The number of ether oxygens (including phenoxy) is 1. The predicted molar refractivity (Wildman–Crippen MR) is 65.4 cm³/mol. The minimum atomic E-state index is 0.160. The Kier molecular flexibility index (Phi) is 3.96. The number of piperidine rings is 1. The lowest BCUT2D eigenvalue weighted by atomic mass is 9.97. The molecule has 0 aliphatic carbocycles. The second-order valence-electron chi connectivity index (χ2n) is 4.06. The van der Waals surface area contributed by atoms with Crippen LogP contribution in [0, 0.1) is 5.92 Å². The van der Waals surface area contributed by atoms with E-state index in [4.69, 9.17) is 22.1 Å². The summed E-state index contributed by atoms with van der Waals surface area (Å²) in [6, 6.07) is 0.251. The molecule has 94 valence electrons. The number of halogens is 1. The Bertz CT molecular complexity index is 381. The van der Waals surface area contributed by atoms with E-state index < -0.39 is 0 Å². The molecule has 0 bridgehead atoms. The third-order valence-electron chi connectivity index (χ3n) is 2.99. The SMILES string of the molecule is COc1nc(Cl)nc(N2CCC(CN)CC2)n1. The third-order valence-corrected chi connectivity index (χ3v) is 3.16. The quantitative estimate of drug-likeness (QED) is 0.859. The van der Waals surface area contributed by atoms with Gasteiger partial charge >= 0.3 is 6.01 Å². The molecule has 1 aliphatic heterocycles. The van der Waals surface area contributed by atoms with Crippen LogP contribution in [0.2, 0.25) is 5.28 Å². The van der Waals surface area contributed by atoms with Crippen LogP contribution in [-0.4, -0.2) is 41.7 Å². The van der Waals surface area contributed by atoms with E-state index in [2.05, 4.69) is 19.9 Å². The van der Waals surface area contributed by atoms with Crippen molar-refractivity contribution in [3.05, 3.63) is 5.28 Å². The van der Waals surface area contributed by atoms with Gasteiger partial charge in [-0.3, -0.25) is 0 Å². The van der Waals surface area contributed by atoms with Gasteiger partial charge in [-0.05, 0) is 36.9 Å². The third kappa shape index (κ3) is 2.95. The molecule has 0 unspecified atom stereocenters. The molecule has 2 heterocycles. The Morgan fingerprint density at radius 3 is 2.65 bits per heavy atom. The van der Waals surface area contributed by atoms with Gasteiger partial charge in [-0.15, -0.1) is 0 Å². The van der Waals surface area contributed by atoms with Crippen LogP contribution in [0.25, 0.3) is 0 Å². The van der Waals surface area contributed by atoms with Crippen LogP contribution >= 0.6 is 11.6 Å². The van der Waals surface area contributed by atoms with Crippen LogP contribution in [-0.2, 0) is 0 Å². The summed E-state index contributed by atoms with van der Waals surface area (Å²) in [5, 5.41) is 0.160. The molecule has 1 aliphatic rings. The Morgan fingerprint density at radius 1 is 1.35 bits per heavy atom.